The molecule has 1 aromatic carbocycles. The number of rotatable bonds is 5. The monoisotopic (exact) mass is 531 g/mol. The summed E-state index contributed by atoms with van der Waals surface area (Å²) in [7, 11) is 0. The molecular weight excluding hydrogens is 493 g/mol. The molecule has 6 heteroatoms. The summed E-state index contributed by atoms with van der Waals surface area (Å²) >= 11 is 12.4. The molecule has 8 atom stereocenters. The lowest BCUT2D eigenvalue weighted by Gasteiger charge is -2.58. The van der Waals surface area contributed by atoms with E-state index in [1.165, 1.54) is 5.57 Å². The van der Waals surface area contributed by atoms with Crippen LogP contribution in [0.4, 0.5) is 0 Å². The number of nitrogens with one attached hydrogen (secondary N) is 1. The minimum atomic E-state index is -0.908. The smallest absolute Gasteiger partial charge is 0.252 e. The quantitative estimate of drug-likeness (QED) is 0.375. The van der Waals surface area contributed by atoms with Gasteiger partial charge >= 0.3 is 0 Å². The zero-order valence-corrected chi connectivity index (χ0v) is 22.9. The summed E-state index contributed by atoms with van der Waals surface area (Å²) in [5.74, 6) is 1.12. The second-order valence-corrected chi connectivity index (χ2v) is 13.2. The van der Waals surface area contributed by atoms with E-state index in [0.29, 0.717) is 41.3 Å². The van der Waals surface area contributed by atoms with Gasteiger partial charge in [-0.25, -0.2) is 0 Å². The second-order valence-electron chi connectivity index (χ2n) is 12.4. The van der Waals surface area contributed by atoms with Crippen LogP contribution in [-0.4, -0.2) is 34.4 Å². The first-order chi connectivity index (χ1) is 17.0. The second kappa shape index (κ2) is 9.45. The molecule has 0 saturated heterocycles. The number of aliphatic hydroxyl groups is 2. The molecule has 1 amide bonds. The van der Waals surface area contributed by atoms with Crippen molar-refractivity contribution in [2.24, 2.45) is 34.5 Å². The molecule has 4 nitrogen and oxygen atoms in total. The number of hydrogen-bond donors (Lipinski definition) is 3. The first-order valence-electron chi connectivity index (χ1n) is 13.5. The standard InChI is InChI=1S/C30H39Cl2NO3/c1-4-12-30(36)16-23-20-9-8-18-15-19(34)10-13-28(18,2)22(20)11-14-29(23,3)25(30)17-33-27(35)21-6-5-7-24(31)26(21)32/h4-8,19-20,22-23,25,34,36H,1,9-17H2,2-3H3,(H,33,35)/t19-,20+,22-,23-,25+,28-,29-,30-/m0/s1. The molecule has 4 aliphatic rings. The molecule has 3 N–H and O–H groups in total. The Labute approximate surface area is 225 Å². The van der Waals surface area contributed by atoms with E-state index in [0.717, 1.165) is 44.9 Å². The van der Waals surface area contributed by atoms with Gasteiger partial charge in [-0.05, 0) is 92.1 Å². The van der Waals surface area contributed by atoms with Crippen molar-refractivity contribution in [2.45, 2.75) is 76.9 Å². The van der Waals surface area contributed by atoms with Crippen molar-refractivity contribution in [2.75, 3.05) is 6.54 Å². The topological polar surface area (TPSA) is 69.6 Å². The Balaban J connectivity index is 1.42. The normalized spacial score (nSPS) is 41.5. The van der Waals surface area contributed by atoms with Gasteiger partial charge in [0.25, 0.3) is 5.91 Å². The van der Waals surface area contributed by atoms with E-state index in [1.807, 2.05) is 6.08 Å². The van der Waals surface area contributed by atoms with Gasteiger partial charge in [0.2, 0.25) is 0 Å². The lowest BCUT2D eigenvalue weighted by atomic mass is 9.47. The van der Waals surface area contributed by atoms with Gasteiger partial charge in [-0.2, -0.15) is 0 Å². The predicted molar refractivity (Wildman–Crippen MR) is 145 cm³/mol. The average molecular weight is 533 g/mol. The minimum Gasteiger partial charge on any atom is -0.393 e. The van der Waals surface area contributed by atoms with E-state index in [4.69, 9.17) is 23.2 Å². The Morgan fingerprint density at radius 3 is 2.75 bits per heavy atom. The minimum absolute atomic E-state index is 0.0813. The van der Waals surface area contributed by atoms with Gasteiger partial charge in [0.1, 0.15) is 0 Å². The van der Waals surface area contributed by atoms with Gasteiger partial charge in [-0.15, -0.1) is 6.58 Å². The van der Waals surface area contributed by atoms with Crippen molar-refractivity contribution in [1.82, 2.24) is 5.32 Å². The summed E-state index contributed by atoms with van der Waals surface area (Å²) in [4.78, 5) is 13.1. The molecule has 0 unspecified atom stereocenters. The van der Waals surface area contributed by atoms with Crippen LogP contribution in [0.15, 0.2) is 42.5 Å². The molecular formula is C30H39Cl2NO3. The van der Waals surface area contributed by atoms with Gasteiger partial charge < -0.3 is 15.5 Å². The Morgan fingerprint density at radius 1 is 1.22 bits per heavy atom. The molecule has 36 heavy (non-hydrogen) atoms. The fraction of sp³-hybridized carbons (Fsp3) is 0.633. The van der Waals surface area contributed by atoms with Crippen LogP contribution in [0.2, 0.25) is 10.0 Å². The van der Waals surface area contributed by atoms with Gasteiger partial charge in [0.05, 0.1) is 27.3 Å². The summed E-state index contributed by atoms with van der Waals surface area (Å²) < 4.78 is 0. The molecule has 0 spiro atoms. The van der Waals surface area contributed by atoms with Crippen molar-refractivity contribution in [3.63, 3.8) is 0 Å². The highest BCUT2D eigenvalue weighted by Crippen LogP contribution is 2.68. The van der Waals surface area contributed by atoms with Gasteiger partial charge in [-0.1, -0.05) is 60.8 Å². The van der Waals surface area contributed by atoms with E-state index >= 15 is 0 Å². The van der Waals surface area contributed by atoms with Crippen molar-refractivity contribution in [3.8, 4) is 0 Å². The Hall–Kier alpha value is -1.33. The van der Waals surface area contributed by atoms with E-state index in [9.17, 15) is 15.0 Å². The van der Waals surface area contributed by atoms with Crippen LogP contribution in [0.5, 0.6) is 0 Å². The number of carbonyl (C=O) groups excluding carboxylic acids is 1. The van der Waals surface area contributed by atoms with Crippen LogP contribution in [0, 0.1) is 34.5 Å². The van der Waals surface area contributed by atoms with E-state index in [-0.39, 0.29) is 33.8 Å². The Bertz CT molecular complexity index is 1090. The van der Waals surface area contributed by atoms with Crippen molar-refractivity contribution < 1.29 is 15.0 Å². The first kappa shape index (κ1) is 26.3. The number of hydrogen-bond acceptors (Lipinski definition) is 3. The van der Waals surface area contributed by atoms with Crippen LogP contribution >= 0.6 is 23.2 Å². The molecule has 196 valence electrons. The molecule has 1 aromatic rings. The molecule has 0 bridgehead atoms. The summed E-state index contributed by atoms with van der Waals surface area (Å²) in [6, 6.07) is 5.07. The number of benzene rings is 1. The highest BCUT2D eigenvalue weighted by molar-refractivity contribution is 6.43. The van der Waals surface area contributed by atoms with E-state index < -0.39 is 5.60 Å². The number of aliphatic hydroxyl groups excluding tert-OH is 1. The van der Waals surface area contributed by atoms with Gasteiger partial charge in [0, 0.05) is 12.5 Å². The van der Waals surface area contributed by atoms with Crippen molar-refractivity contribution >= 4 is 29.1 Å². The van der Waals surface area contributed by atoms with Crippen LogP contribution in [0.1, 0.15) is 75.6 Å². The molecule has 0 heterocycles. The van der Waals surface area contributed by atoms with Crippen molar-refractivity contribution in [3.05, 3.63) is 58.1 Å². The largest absolute Gasteiger partial charge is 0.393 e. The highest BCUT2D eigenvalue weighted by atomic mass is 35.5. The fourth-order valence-corrected chi connectivity index (χ4v) is 9.20. The third kappa shape index (κ3) is 4.08. The Morgan fingerprint density at radius 2 is 2.00 bits per heavy atom. The zero-order valence-electron chi connectivity index (χ0n) is 21.4. The summed E-state index contributed by atoms with van der Waals surface area (Å²) in [6.07, 6.45) is 11.2. The zero-order chi connectivity index (χ0) is 25.9. The van der Waals surface area contributed by atoms with Crippen LogP contribution in [0.3, 0.4) is 0 Å². The molecule has 5 rings (SSSR count). The number of carbonyl (C=O) groups is 1. The third-order valence-corrected chi connectivity index (χ3v) is 11.5. The van der Waals surface area contributed by atoms with Crippen LogP contribution in [0.25, 0.3) is 0 Å². The maximum Gasteiger partial charge on any atom is 0.252 e. The number of halogens is 2. The third-order valence-electron chi connectivity index (χ3n) is 10.7. The van der Waals surface area contributed by atoms with Crippen molar-refractivity contribution in [1.29, 1.82) is 0 Å². The number of fused-ring (bicyclic) bond motifs is 5. The molecule has 0 aromatic heterocycles. The van der Waals surface area contributed by atoms with Crippen LogP contribution in [-0.2, 0) is 0 Å². The van der Waals surface area contributed by atoms with Gasteiger partial charge in [-0.3, -0.25) is 4.79 Å². The summed E-state index contributed by atoms with van der Waals surface area (Å²) in [5.41, 5.74) is 0.968. The Kier molecular flexibility index (Phi) is 6.90. The fourth-order valence-electron chi connectivity index (χ4n) is 8.81. The SMILES string of the molecule is C=CC[C@]1(O)C[C@H]2[C@@H]3CC=C4C[C@@H](O)CC[C@]4(C)[C@H]3CC[C@]2(C)[C@H]1CNC(=O)c1cccc(Cl)c1Cl. The van der Waals surface area contributed by atoms with Gasteiger partial charge in [0.15, 0.2) is 0 Å². The lowest BCUT2D eigenvalue weighted by Crippen LogP contribution is -2.52. The lowest BCUT2D eigenvalue weighted by molar-refractivity contribution is -0.0588. The van der Waals surface area contributed by atoms with E-state index in [1.54, 1.807) is 18.2 Å². The molecule has 0 aliphatic heterocycles. The highest BCUT2D eigenvalue weighted by Gasteiger charge is 2.64. The molecule has 0 radical (unpaired) electrons. The number of allylic oxidation sites excluding steroid dienone is 1. The number of amides is 1. The predicted octanol–water partition coefficient (Wildman–Crippen LogP) is 6.58. The summed E-state index contributed by atoms with van der Waals surface area (Å²) in [5, 5.41) is 26.0. The molecule has 3 saturated carbocycles. The summed E-state index contributed by atoms with van der Waals surface area (Å²) in [6.45, 7) is 9.09. The van der Waals surface area contributed by atoms with Crippen LogP contribution < -0.4 is 5.32 Å². The average Bonchev–Trinajstić information content (AvgIpc) is 3.06. The first-order valence-corrected chi connectivity index (χ1v) is 14.2. The maximum atomic E-state index is 13.1. The van der Waals surface area contributed by atoms with E-state index in [2.05, 4.69) is 31.8 Å². The molecule has 4 aliphatic carbocycles. The maximum absolute atomic E-state index is 13.1. The molecule has 3 fully saturated rings.